The highest BCUT2D eigenvalue weighted by atomic mass is 32.2. The first-order chi connectivity index (χ1) is 13.3. The second-order valence-electron chi connectivity index (χ2n) is 6.83. The van der Waals surface area contributed by atoms with E-state index in [1.807, 2.05) is 6.92 Å². The van der Waals surface area contributed by atoms with Crippen LogP contribution in [0.25, 0.3) is 0 Å². The van der Waals surface area contributed by atoms with Gasteiger partial charge in [-0.05, 0) is 49.9 Å². The number of carbonyl (C=O) groups excluding carboxylic acids is 2. The molecule has 2 N–H and O–H groups in total. The molecule has 1 aliphatic carbocycles. The second kappa shape index (κ2) is 10.4. The van der Waals surface area contributed by atoms with Crippen LogP contribution in [-0.4, -0.2) is 46.1 Å². The number of esters is 1. The molecule has 1 fully saturated rings. The van der Waals surface area contributed by atoms with E-state index in [9.17, 15) is 18.0 Å². The van der Waals surface area contributed by atoms with Crippen molar-refractivity contribution in [2.24, 2.45) is 5.92 Å². The molecule has 1 aliphatic rings. The van der Waals surface area contributed by atoms with Gasteiger partial charge in [-0.1, -0.05) is 19.8 Å². The number of ether oxygens (including phenoxy) is 2. The predicted molar refractivity (Wildman–Crippen MR) is 103 cm³/mol. The lowest BCUT2D eigenvalue weighted by molar-refractivity contribution is -0.147. The van der Waals surface area contributed by atoms with Crippen LogP contribution in [0.4, 0.5) is 0 Å². The lowest BCUT2D eigenvalue weighted by Gasteiger charge is -2.29. The maximum atomic E-state index is 12.2. The van der Waals surface area contributed by atoms with Gasteiger partial charge in [0.2, 0.25) is 10.0 Å². The van der Waals surface area contributed by atoms with E-state index in [2.05, 4.69) is 17.0 Å². The van der Waals surface area contributed by atoms with E-state index in [1.165, 1.54) is 24.3 Å². The topological polar surface area (TPSA) is 111 Å². The van der Waals surface area contributed by atoms with Crippen molar-refractivity contribution in [3.63, 3.8) is 0 Å². The van der Waals surface area contributed by atoms with Crippen LogP contribution in [0.15, 0.2) is 29.2 Å². The maximum Gasteiger partial charge on any atom is 0.321 e. The van der Waals surface area contributed by atoms with Crippen molar-refractivity contribution in [3.8, 4) is 5.75 Å². The molecule has 1 saturated carbocycles. The Balaban J connectivity index is 1.75. The van der Waals surface area contributed by atoms with E-state index in [1.54, 1.807) is 0 Å². The average Bonchev–Trinajstić information content (AvgIpc) is 2.67. The summed E-state index contributed by atoms with van der Waals surface area (Å²) in [6.45, 7) is 3.42. The Bertz CT molecular complexity index is 763. The van der Waals surface area contributed by atoms with Crippen LogP contribution in [0.1, 0.15) is 39.5 Å². The van der Waals surface area contributed by atoms with Gasteiger partial charge in [0.25, 0.3) is 5.91 Å². The molecule has 8 nitrogen and oxygen atoms in total. The summed E-state index contributed by atoms with van der Waals surface area (Å²) in [7, 11) is -3.86. The minimum atomic E-state index is -3.86. The van der Waals surface area contributed by atoms with E-state index in [0.29, 0.717) is 18.3 Å². The number of amides is 1. The molecule has 0 radical (unpaired) electrons. The van der Waals surface area contributed by atoms with Crippen LogP contribution in [0.2, 0.25) is 0 Å². The smallest absolute Gasteiger partial charge is 0.321 e. The van der Waals surface area contributed by atoms with Gasteiger partial charge in [-0.2, -0.15) is 4.72 Å². The first kappa shape index (κ1) is 22.2. The van der Waals surface area contributed by atoms with Gasteiger partial charge in [0, 0.05) is 6.04 Å². The van der Waals surface area contributed by atoms with Crippen molar-refractivity contribution in [2.75, 3.05) is 19.8 Å². The highest BCUT2D eigenvalue weighted by molar-refractivity contribution is 7.89. The summed E-state index contributed by atoms with van der Waals surface area (Å²) in [5.41, 5.74) is 0. The molecular weight excluding hydrogens is 384 g/mol. The van der Waals surface area contributed by atoms with Crippen LogP contribution in [0.5, 0.6) is 5.75 Å². The molecule has 0 aromatic heterocycles. The molecular formula is C19H28N2O6S. The zero-order valence-electron chi connectivity index (χ0n) is 16.3. The van der Waals surface area contributed by atoms with Gasteiger partial charge in [-0.3, -0.25) is 9.59 Å². The molecule has 0 saturated heterocycles. The third-order valence-corrected chi connectivity index (χ3v) is 6.09. The third-order valence-electron chi connectivity index (χ3n) is 4.67. The standard InChI is InChI=1S/C19H28N2O6S/c1-3-26-15-8-10-16(11-9-15)28(24,25)20-12-19(23)27-13-18(22)21-17-7-5-4-6-14(17)2/h8-11,14,17,20H,3-7,12-13H2,1-2H3,(H,21,22)/t14-,17+/m1/s1. The van der Waals surface area contributed by atoms with Gasteiger partial charge in [-0.15, -0.1) is 0 Å². The van der Waals surface area contributed by atoms with Crippen LogP contribution >= 0.6 is 0 Å². The predicted octanol–water partition coefficient (Wildman–Crippen LogP) is 1.60. The van der Waals surface area contributed by atoms with Crippen LogP contribution in [-0.2, 0) is 24.3 Å². The molecule has 1 aromatic rings. The van der Waals surface area contributed by atoms with Gasteiger partial charge in [-0.25, -0.2) is 8.42 Å². The van der Waals surface area contributed by atoms with Crippen LogP contribution in [0, 0.1) is 5.92 Å². The molecule has 1 amide bonds. The first-order valence-electron chi connectivity index (χ1n) is 9.49. The van der Waals surface area contributed by atoms with Crippen molar-refractivity contribution >= 4 is 21.9 Å². The third kappa shape index (κ3) is 6.79. The molecule has 28 heavy (non-hydrogen) atoms. The van der Waals surface area contributed by atoms with Gasteiger partial charge >= 0.3 is 5.97 Å². The summed E-state index contributed by atoms with van der Waals surface area (Å²) >= 11 is 0. The Labute approximate surface area is 166 Å². The molecule has 1 aromatic carbocycles. The normalized spacial score (nSPS) is 19.6. The molecule has 9 heteroatoms. The molecule has 2 atom stereocenters. The van der Waals surface area contributed by atoms with E-state index >= 15 is 0 Å². The Morgan fingerprint density at radius 3 is 2.46 bits per heavy atom. The Kier molecular flexibility index (Phi) is 8.25. The van der Waals surface area contributed by atoms with Gasteiger partial charge < -0.3 is 14.8 Å². The summed E-state index contributed by atoms with van der Waals surface area (Å²) in [5.74, 6) is -0.240. The zero-order valence-corrected chi connectivity index (χ0v) is 17.1. The number of nitrogens with one attached hydrogen (secondary N) is 2. The van der Waals surface area contributed by atoms with Crippen molar-refractivity contribution in [1.82, 2.24) is 10.0 Å². The molecule has 0 heterocycles. The summed E-state index contributed by atoms with van der Waals surface area (Å²) in [5, 5.41) is 2.87. The Morgan fingerprint density at radius 2 is 1.82 bits per heavy atom. The van der Waals surface area contributed by atoms with Crippen molar-refractivity contribution in [1.29, 1.82) is 0 Å². The molecule has 0 spiro atoms. The fraction of sp³-hybridized carbons (Fsp3) is 0.579. The minimum Gasteiger partial charge on any atom is -0.494 e. The highest BCUT2D eigenvalue weighted by Crippen LogP contribution is 2.23. The lowest BCUT2D eigenvalue weighted by atomic mass is 9.86. The summed E-state index contributed by atoms with van der Waals surface area (Å²) in [4.78, 5) is 23.7. The average molecular weight is 413 g/mol. The van der Waals surface area contributed by atoms with E-state index in [4.69, 9.17) is 9.47 Å². The van der Waals surface area contributed by atoms with Crippen LogP contribution in [0.3, 0.4) is 0 Å². The fourth-order valence-corrected chi connectivity index (χ4v) is 4.06. The largest absolute Gasteiger partial charge is 0.494 e. The van der Waals surface area contributed by atoms with Crippen molar-refractivity contribution < 1.29 is 27.5 Å². The number of carbonyl (C=O) groups is 2. The SMILES string of the molecule is CCOc1ccc(S(=O)(=O)NCC(=O)OCC(=O)N[C@H]2CCCC[C@H]2C)cc1. The first-order valence-corrected chi connectivity index (χ1v) is 11.0. The summed E-state index contributed by atoms with van der Waals surface area (Å²) in [6.07, 6.45) is 4.22. The number of benzene rings is 1. The van der Waals surface area contributed by atoms with E-state index < -0.39 is 29.1 Å². The van der Waals surface area contributed by atoms with E-state index in [-0.39, 0.29) is 16.8 Å². The lowest BCUT2D eigenvalue weighted by Crippen LogP contribution is -2.43. The Hall–Kier alpha value is -2.13. The number of rotatable bonds is 9. The summed E-state index contributed by atoms with van der Waals surface area (Å²) in [6, 6.07) is 5.94. The molecule has 0 bridgehead atoms. The second-order valence-corrected chi connectivity index (χ2v) is 8.59. The van der Waals surface area contributed by atoms with Gasteiger partial charge in [0.05, 0.1) is 11.5 Å². The van der Waals surface area contributed by atoms with Gasteiger partial charge in [0.15, 0.2) is 6.61 Å². The number of sulfonamides is 1. The quantitative estimate of drug-likeness (QED) is 0.596. The van der Waals surface area contributed by atoms with Crippen molar-refractivity contribution in [2.45, 2.75) is 50.5 Å². The summed E-state index contributed by atoms with van der Waals surface area (Å²) < 4.78 is 36.7. The van der Waals surface area contributed by atoms with Crippen LogP contribution < -0.4 is 14.8 Å². The van der Waals surface area contributed by atoms with E-state index in [0.717, 1.165) is 25.7 Å². The minimum absolute atomic E-state index is 0.00721. The Morgan fingerprint density at radius 1 is 1.14 bits per heavy atom. The maximum absolute atomic E-state index is 12.2. The fourth-order valence-electron chi connectivity index (χ4n) is 3.10. The molecule has 0 unspecified atom stereocenters. The van der Waals surface area contributed by atoms with Crippen molar-refractivity contribution in [3.05, 3.63) is 24.3 Å². The monoisotopic (exact) mass is 412 g/mol. The number of hydrogen-bond donors (Lipinski definition) is 2. The molecule has 156 valence electrons. The molecule has 0 aliphatic heterocycles. The molecule has 2 rings (SSSR count). The van der Waals surface area contributed by atoms with Gasteiger partial charge in [0.1, 0.15) is 12.3 Å². The zero-order chi connectivity index (χ0) is 20.6. The number of hydrogen-bond acceptors (Lipinski definition) is 6. The highest BCUT2D eigenvalue weighted by Gasteiger charge is 2.23.